The molecule has 8 aromatic rings. The molecular formula is C113H150N12O13. The Balaban J connectivity index is 0.000000110. The van der Waals surface area contributed by atoms with Gasteiger partial charge in [0, 0.05) is 110 Å². The number of carbonyl (C=O) groups excluding carboxylic acids is 4. The number of nitrogens with one attached hydrogen (secondary N) is 1. The highest BCUT2D eigenvalue weighted by molar-refractivity contribution is 5.87. The van der Waals surface area contributed by atoms with E-state index in [1.807, 2.05) is 48.5 Å². The van der Waals surface area contributed by atoms with Crippen molar-refractivity contribution in [3.63, 3.8) is 0 Å². The lowest BCUT2D eigenvalue weighted by Crippen LogP contribution is -2.59. The van der Waals surface area contributed by atoms with Gasteiger partial charge < -0.3 is 14.5 Å². The molecule has 8 aliphatic carbocycles. The fraction of sp³-hybridized carbons (Fsp3) is 0.681. The van der Waals surface area contributed by atoms with Crippen molar-refractivity contribution in [1.82, 2.24) is 56.6 Å². The molecule has 4 aromatic heterocycles. The molecule has 12 heterocycles. The van der Waals surface area contributed by atoms with Gasteiger partial charge in [-0.15, -0.1) is 0 Å². The summed E-state index contributed by atoms with van der Waals surface area (Å²) in [6.07, 6.45) is 55.0. The second-order valence-electron chi connectivity index (χ2n) is 46.4. The van der Waals surface area contributed by atoms with Crippen LogP contribution in [0.25, 0.3) is 43.6 Å². The molecule has 16 aliphatic rings. The molecule has 25 nitrogen and oxygen atoms in total. The SMILES string of the molecule is CC(=O)CCC(=O)Cn1c(=O)n(C2C[C@H]3CCC[C@@H](C2)N3C2C[C@H]3CCC[C@@H](C2)C3)c(=O)c2ccccc21.CC(=O)Cn1c(=O)n(C2C[C@H]3CCC[C@@H](C2)N3C2C[C@H]3CCC[C@@H](C2)C3)c(=O)c2ccccc21.CCOC(=O)Cn1c(=O)n(C2C[C@H]3CCC[C@@H](C2)N3C2C[C@H]3CCC[C@@H](C2)C3)c(=O)c2ccccc21.O=c1[nH]c2ccccc2c(=O)n1C1C[C@H]2CCC[C@@H](C1)N2C1C[C@H]2CCC[C@@H](C1)C2. The fourth-order valence-corrected chi connectivity index (χ4v) is 32.6. The number of hydrogen-bond acceptors (Lipinski definition) is 17. The minimum absolute atomic E-state index is 0.0101. The third-order valence-electron chi connectivity index (χ3n) is 37.7. The van der Waals surface area contributed by atoms with Gasteiger partial charge in [-0.25, -0.2) is 19.2 Å². The Bertz CT molecular complexity index is 6270. The first-order valence-corrected chi connectivity index (χ1v) is 54.8. The number of hydrogen-bond donors (Lipinski definition) is 1. The van der Waals surface area contributed by atoms with Crippen LogP contribution in [0.15, 0.2) is 135 Å². The number of piperidine rings is 8. The summed E-state index contributed by atoms with van der Waals surface area (Å²) < 4.78 is 15.6. The number of Topliss-reactive ketones (excluding diaryl/α,β-unsaturated/α-hetero) is 3. The lowest BCUT2D eigenvalue weighted by Gasteiger charge is -2.55. The van der Waals surface area contributed by atoms with Gasteiger partial charge in [0.25, 0.3) is 22.2 Å². The number of para-hydroxylation sites is 4. The molecule has 138 heavy (non-hydrogen) atoms. The zero-order chi connectivity index (χ0) is 94.8. The van der Waals surface area contributed by atoms with Crippen LogP contribution in [0.3, 0.4) is 0 Å². The number of carbonyl (C=O) groups is 4. The molecule has 8 unspecified atom stereocenters. The minimum atomic E-state index is -0.454. The molecule has 25 heteroatoms. The van der Waals surface area contributed by atoms with Gasteiger partial charge in [0.05, 0.1) is 63.3 Å². The first-order chi connectivity index (χ1) is 67.1. The minimum Gasteiger partial charge on any atom is -0.465 e. The van der Waals surface area contributed by atoms with Crippen LogP contribution in [-0.2, 0) is 43.5 Å². The summed E-state index contributed by atoms with van der Waals surface area (Å²) in [5.74, 6) is 6.47. The lowest BCUT2D eigenvalue weighted by atomic mass is 9.68. The Morgan fingerprint density at radius 1 is 0.283 bits per heavy atom. The number of H-pyrrole nitrogens is 1. The van der Waals surface area contributed by atoms with E-state index in [9.17, 15) is 57.5 Å². The van der Waals surface area contributed by atoms with E-state index >= 15 is 0 Å². The van der Waals surface area contributed by atoms with Crippen LogP contribution in [0.4, 0.5) is 0 Å². The Labute approximate surface area is 809 Å². The summed E-state index contributed by atoms with van der Waals surface area (Å²) in [5, 5.41) is 2.15. The average molecular weight is 1880 g/mol. The van der Waals surface area contributed by atoms with Crippen LogP contribution in [0.1, 0.15) is 340 Å². The van der Waals surface area contributed by atoms with E-state index in [0.717, 1.165) is 130 Å². The normalized spacial score (nSPS) is 33.3. The largest absolute Gasteiger partial charge is 0.465 e. The highest BCUT2D eigenvalue weighted by Crippen LogP contribution is 2.53. The van der Waals surface area contributed by atoms with Gasteiger partial charge in [-0.1, -0.05) is 151 Å². The van der Waals surface area contributed by atoms with Crippen LogP contribution >= 0.6 is 0 Å². The number of aromatic nitrogens is 8. The average Bonchev–Trinajstić information content (AvgIpc) is 0.750. The van der Waals surface area contributed by atoms with Gasteiger partial charge in [0.1, 0.15) is 18.1 Å². The highest BCUT2D eigenvalue weighted by Gasteiger charge is 2.52. The Morgan fingerprint density at radius 3 is 0.855 bits per heavy atom. The van der Waals surface area contributed by atoms with Gasteiger partial charge in [-0.05, 0) is 296 Å². The molecular weight excluding hydrogens is 1730 g/mol. The van der Waals surface area contributed by atoms with Crippen LogP contribution < -0.4 is 45.0 Å². The van der Waals surface area contributed by atoms with Crippen molar-refractivity contribution in [1.29, 1.82) is 0 Å². The molecule has 0 spiro atoms. The van der Waals surface area contributed by atoms with Crippen molar-refractivity contribution in [2.45, 2.75) is 432 Å². The van der Waals surface area contributed by atoms with Crippen LogP contribution in [0.2, 0.25) is 0 Å². The number of benzene rings is 4. The second kappa shape index (κ2) is 41.1. The summed E-state index contributed by atoms with van der Waals surface area (Å²) in [6, 6.07) is 35.0. The first kappa shape index (κ1) is 95.2. The monoisotopic (exact) mass is 1880 g/mol. The number of fused-ring (bicyclic) bond motifs is 20. The fourth-order valence-electron chi connectivity index (χ4n) is 32.6. The third-order valence-corrected chi connectivity index (χ3v) is 37.7. The maximum atomic E-state index is 13.9. The molecule has 8 saturated heterocycles. The van der Waals surface area contributed by atoms with Crippen LogP contribution in [0.5, 0.6) is 0 Å². The summed E-state index contributed by atoms with van der Waals surface area (Å²) in [6.45, 7) is 4.71. The summed E-state index contributed by atoms with van der Waals surface area (Å²) in [7, 11) is 0. The van der Waals surface area contributed by atoms with Crippen molar-refractivity contribution in [3.05, 3.63) is 180 Å². The Hall–Kier alpha value is -9.04. The van der Waals surface area contributed by atoms with E-state index in [2.05, 4.69) is 24.6 Å². The van der Waals surface area contributed by atoms with E-state index in [4.69, 9.17) is 4.74 Å². The van der Waals surface area contributed by atoms with Gasteiger partial charge >= 0.3 is 28.7 Å². The number of ketones is 3. The molecule has 16 fully saturated rings. The standard InChI is InChI=1S/C31H41N3O4.C29H39N3O4.C28H37N3O3.C25H33N3O2/c1-20(35)12-13-27(36)19-32-29-11-3-2-10-28(29)30(37)34(31(32)38)26-17-23-8-5-9-24(18-26)33(23)25-15-21-6-4-7-22(14-21)16-25;1-2-36-27(33)18-30-26-12-4-3-11-25(26)28(34)32(29(30)35)24-16-21-9-6-10-22(17-24)31(21)23-14-19-7-5-8-20(13-19)15-23;1-18(32)17-29-26-11-3-2-10-25(26)27(33)31(28(29)34)24-15-21-8-5-9-22(16-24)30(21)23-13-19-6-4-7-20(12-19)14-23;29-24-22-9-1-2-10-23(22)26-25(30)28(24)21-14-18-7-4-8-19(15-21)27(18)20-12-16-5-3-6-17(11-16)13-20/h2-3,10-11,21-26H,4-9,12-19H2,1H3;3-4,11-12,19-24H,2,5-10,13-18H2,1H3;2-3,10-11,19-24H,4-9,12-17H2,1H3;1-2,9-10,16-21H,3-8,11-15H2,(H,26,30)/t21-,22+,23-,24+,25?,26?;2*19-,20+,21-,22+,23?,24?;16-,17+,18-,19+,20?,21?. The number of esters is 1. The summed E-state index contributed by atoms with van der Waals surface area (Å²) in [4.78, 5) is 171. The quantitative estimate of drug-likeness (QED) is 0.0781. The van der Waals surface area contributed by atoms with Crippen molar-refractivity contribution in [2.75, 3.05) is 6.61 Å². The molecule has 4 aromatic carbocycles. The molecule has 740 valence electrons. The molecule has 0 amide bonds. The van der Waals surface area contributed by atoms with Crippen LogP contribution in [0, 0.1) is 47.3 Å². The number of aromatic amines is 1. The highest BCUT2D eigenvalue weighted by atomic mass is 16.5. The molecule has 16 bridgehead atoms. The smallest absolute Gasteiger partial charge is 0.332 e. The predicted molar refractivity (Wildman–Crippen MR) is 538 cm³/mol. The molecule has 1 N–H and O–H groups in total. The number of ether oxygens (including phenoxy) is 1. The maximum absolute atomic E-state index is 13.9. The van der Waals surface area contributed by atoms with E-state index in [1.54, 1.807) is 60.0 Å². The molecule has 24 rings (SSSR count). The van der Waals surface area contributed by atoms with E-state index in [-0.39, 0.29) is 126 Å². The maximum Gasteiger partial charge on any atom is 0.332 e. The first-order valence-electron chi connectivity index (χ1n) is 54.8. The molecule has 8 saturated carbocycles. The third kappa shape index (κ3) is 19.3. The lowest BCUT2D eigenvalue weighted by molar-refractivity contribution is -0.143. The van der Waals surface area contributed by atoms with Gasteiger partial charge in [0.2, 0.25) is 0 Å². The van der Waals surface area contributed by atoms with Crippen molar-refractivity contribution in [2.24, 2.45) is 47.3 Å². The number of rotatable bonds is 18. The summed E-state index contributed by atoms with van der Waals surface area (Å²) in [5.41, 5.74) is 0.146. The molecule has 8 aliphatic heterocycles. The Morgan fingerprint density at radius 2 is 0.551 bits per heavy atom. The van der Waals surface area contributed by atoms with Gasteiger partial charge in [-0.3, -0.25) is 85.1 Å². The van der Waals surface area contributed by atoms with Crippen molar-refractivity contribution >= 4 is 66.9 Å². The second-order valence-corrected chi connectivity index (χ2v) is 46.4. The molecule has 24 atom stereocenters. The molecule has 0 radical (unpaired) electrons. The number of nitrogens with zero attached hydrogens (tertiary/aromatic N) is 11. The zero-order valence-corrected chi connectivity index (χ0v) is 82.2. The zero-order valence-electron chi connectivity index (χ0n) is 82.2. The van der Waals surface area contributed by atoms with Crippen molar-refractivity contribution < 1.29 is 23.9 Å². The van der Waals surface area contributed by atoms with E-state index < -0.39 is 5.97 Å². The summed E-state index contributed by atoms with van der Waals surface area (Å²) >= 11 is 0. The van der Waals surface area contributed by atoms with Crippen molar-refractivity contribution in [3.8, 4) is 0 Å². The topological polar surface area (TPSA) is 277 Å². The van der Waals surface area contributed by atoms with E-state index in [0.29, 0.717) is 110 Å². The predicted octanol–water partition coefficient (Wildman–Crippen LogP) is 17.4. The van der Waals surface area contributed by atoms with Gasteiger partial charge in [0.15, 0.2) is 5.78 Å². The van der Waals surface area contributed by atoms with Crippen LogP contribution in [-0.4, -0.2) is 159 Å². The van der Waals surface area contributed by atoms with Gasteiger partial charge in [-0.2, -0.15) is 0 Å². The van der Waals surface area contributed by atoms with E-state index in [1.165, 1.54) is 247 Å². The Kier molecular flexibility index (Phi) is 28.4.